The van der Waals surface area contributed by atoms with Gasteiger partial charge >= 0.3 is 0 Å². The van der Waals surface area contributed by atoms with Gasteiger partial charge in [-0.15, -0.1) is 0 Å². The van der Waals surface area contributed by atoms with Crippen molar-refractivity contribution in [3.63, 3.8) is 0 Å². The summed E-state index contributed by atoms with van der Waals surface area (Å²) < 4.78 is 6.96. The molecule has 0 saturated carbocycles. The van der Waals surface area contributed by atoms with Crippen LogP contribution in [-0.4, -0.2) is 67.5 Å². The van der Waals surface area contributed by atoms with E-state index in [9.17, 15) is 15.3 Å². The van der Waals surface area contributed by atoms with E-state index < -0.39 is 30.8 Å². The van der Waals surface area contributed by atoms with Crippen LogP contribution in [0.15, 0.2) is 11.3 Å². The van der Waals surface area contributed by atoms with Crippen LogP contribution in [0.5, 0.6) is 0 Å². The molecule has 20 heavy (non-hydrogen) atoms. The minimum absolute atomic E-state index is 0.237. The lowest BCUT2D eigenvalue weighted by molar-refractivity contribution is -0.0518. The highest BCUT2D eigenvalue weighted by Gasteiger charge is 2.44. The van der Waals surface area contributed by atoms with Gasteiger partial charge in [0.05, 0.1) is 25.0 Å². The maximum Gasteiger partial charge on any atom is 0.165 e. The lowest BCUT2D eigenvalue weighted by atomic mass is 10.1. The number of aliphatic hydroxyl groups excluding tert-OH is 4. The Morgan fingerprint density at radius 3 is 2.85 bits per heavy atom. The third-order valence-electron chi connectivity index (χ3n) is 3.48. The molecular weight excluding hydrogens is 268 g/mol. The molecule has 0 aromatic carbocycles. The Hall–Kier alpha value is -1.52. The monoisotopic (exact) mass is 284 g/mol. The van der Waals surface area contributed by atoms with Crippen molar-refractivity contribution >= 4 is 12.2 Å². The van der Waals surface area contributed by atoms with Crippen LogP contribution in [0.4, 0.5) is 5.82 Å². The predicted octanol–water partition coefficient (Wildman–Crippen LogP) is -2.19. The number of ether oxygens (including phenoxy) is 1. The van der Waals surface area contributed by atoms with Crippen molar-refractivity contribution in [2.75, 3.05) is 11.9 Å². The molecule has 0 aliphatic carbocycles. The SMILES string of the molecule is OC[C@H]1O[C@@H](n2cnc3c2NC=N[C@@H](O)C3)[C@H](O)[C@@H]1O. The quantitative estimate of drug-likeness (QED) is 0.416. The molecular formula is C11H16N4O5. The Kier molecular flexibility index (Phi) is 3.44. The van der Waals surface area contributed by atoms with Crippen LogP contribution in [0.25, 0.3) is 0 Å². The zero-order valence-corrected chi connectivity index (χ0v) is 10.5. The molecule has 1 aromatic rings. The van der Waals surface area contributed by atoms with Crippen molar-refractivity contribution in [2.24, 2.45) is 4.99 Å². The number of aliphatic imine (C=N–C) groups is 1. The van der Waals surface area contributed by atoms with Gasteiger partial charge in [0, 0.05) is 6.42 Å². The molecule has 5 N–H and O–H groups in total. The molecule has 1 saturated heterocycles. The van der Waals surface area contributed by atoms with Gasteiger partial charge in [-0.1, -0.05) is 0 Å². The van der Waals surface area contributed by atoms with E-state index in [4.69, 9.17) is 9.84 Å². The van der Waals surface area contributed by atoms with E-state index in [1.165, 1.54) is 17.2 Å². The summed E-state index contributed by atoms with van der Waals surface area (Å²) in [5.41, 5.74) is 0.577. The van der Waals surface area contributed by atoms with Gasteiger partial charge in [-0.05, 0) is 0 Å². The number of hydrogen-bond donors (Lipinski definition) is 5. The van der Waals surface area contributed by atoms with Gasteiger partial charge in [-0.2, -0.15) is 0 Å². The van der Waals surface area contributed by atoms with E-state index in [1.54, 1.807) is 0 Å². The van der Waals surface area contributed by atoms with Crippen LogP contribution in [0.2, 0.25) is 0 Å². The number of aromatic nitrogens is 2. The molecule has 5 atom stereocenters. The van der Waals surface area contributed by atoms with Gasteiger partial charge in [0.2, 0.25) is 0 Å². The molecule has 0 bridgehead atoms. The summed E-state index contributed by atoms with van der Waals surface area (Å²) in [7, 11) is 0. The molecule has 2 aliphatic rings. The third-order valence-corrected chi connectivity index (χ3v) is 3.48. The second-order valence-corrected chi connectivity index (χ2v) is 4.78. The molecule has 0 spiro atoms. The van der Waals surface area contributed by atoms with Crippen LogP contribution in [0.1, 0.15) is 11.9 Å². The molecule has 3 rings (SSSR count). The Morgan fingerprint density at radius 1 is 1.35 bits per heavy atom. The fraction of sp³-hybridized carbons (Fsp3) is 0.636. The lowest BCUT2D eigenvalue weighted by Gasteiger charge is -2.18. The van der Waals surface area contributed by atoms with E-state index in [2.05, 4.69) is 15.3 Å². The number of fused-ring (bicyclic) bond motifs is 1. The standard InChI is InChI=1S/C11H16N4O5/c16-2-6-8(18)9(19)11(20-6)15-4-14-5-1-7(17)12-3-13-10(5)15/h3-4,6-9,11,16-19H,1-2H2,(H,12,13)/t6-,7+,8-,9-,11-/m1/s1. The highest BCUT2D eigenvalue weighted by Crippen LogP contribution is 2.33. The van der Waals surface area contributed by atoms with E-state index in [1.807, 2.05) is 0 Å². The topological polar surface area (TPSA) is 132 Å². The molecule has 0 unspecified atom stereocenters. The van der Waals surface area contributed by atoms with Gasteiger partial charge < -0.3 is 30.5 Å². The first-order valence-corrected chi connectivity index (χ1v) is 6.26. The van der Waals surface area contributed by atoms with Gasteiger partial charge in [0.1, 0.15) is 24.1 Å². The van der Waals surface area contributed by atoms with Gasteiger partial charge in [-0.3, -0.25) is 4.57 Å². The number of nitrogens with zero attached hydrogens (tertiary/aromatic N) is 3. The number of hydrogen-bond acceptors (Lipinski definition) is 8. The second kappa shape index (κ2) is 5.11. The van der Waals surface area contributed by atoms with E-state index in [-0.39, 0.29) is 13.0 Å². The fourth-order valence-electron chi connectivity index (χ4n) is 2.42. The maximum absolute atomic E-state index is 10.0. The molecule has 9 heteroatoms. The van der Waals surface area contributed by atoms with Crippen LogP contribution < -0.4 is 5.32 Å². The van der Waals surface area contributed by atoms with E-state index in [0.29, 0.717) is 11.5 Å². The van der Waals surface area contributed by atoms with Crippen LogP contribution in [0.3, 0.4) is 0 Å². The van der Waals surface area contributed by atoms with Crippen molar-refractivity contribution in [1.29, 1.82) is 0 Å². The van der Waals surface area contributed by atoms with Crippen LogP contribution >= 0.6 is 0 Å². The van der Waals surface area contributed by atoms with Gasteiger partial charge in [-0.25, -0.2) is 9.98 Å². The average molecular weight is 284 g/mol. The van der Waals surface area contributed by atoms with Crippen LogP contribution in [0, 0.1) is 0 Å². The molecule has 1 aromatic heterocycles. The second-order valence-electron chi connectivity index (χ2n) is 4.78. The van der Waals surface area contributed by atoms with Crippen molar-refractivity contribution < 1.29 is 25.2 Å². The van der Waals surface area contributed by atoms with Crippen molar-refractivity contribution in [3.05, 3.63) is 12.0 Å². The summed E-state index contributed by atoms with van der Waals surface area (Å²) in [6, 6.07) is 0. The first kappa shape index (κ1) is 13.5. The Balaban J connectivity index is 1.91. The molecule has 2 aliphatic heterocycles. The number of aliphatic hydroxyl groups is 4. The zero-order chi connectivity index (χ0) is 14.3. The minimum atomic E-state index is -1.18. The fourth-order valence-corrected chi connectivity index (χ4v) is 2.42. The summed E-state index contributed by atoms with van der Waals surface area (Å²) in [4.78, 5) is 7.96. The average Bonchev–Trinajstić information content (AvgIpc) is 2.87. The largest absolute Gasteiger partial charge is 0.394 e. The molecule has 110 valence electrons. The van der Waals surface area contributed by atoms with Crippen LogP contribution in [-0.2, 0) is 11.2 Å². The van der Waals surface area contributed by atoms with Crippen molar-refractivity contribution in [3.8, 4) is 0 Å². The van der Waals surface area contributed by atoms with E-state index >= 15 is 0 Å². The molecule has 0 amide bonds. The summed E-state index contributed by atoms with van der Waals surface area (Å²) in [6.45, 7) is -0.390. The molecule has 0 radical (unpaired) electrons. The maximum atomic E-state index is 10.0. The molecule has 3 heterocycles. The smallest absolute Gasteiger partial charge is 0.165 e. The van der Waals surface area contributed by atoms with Gasteiger partial charge in [0.15, 0.2) is 12.5 Å². The minimum Gasteiger partial charge on any atom is -0.394 e. The number of imidazole rings is 1. The van der Waals surface area contributed by atoms with Crippen molar-refractivity contribution in [1.82, 2.24) is 9.55 Å². The Labute approximate surface area is 114 Å². The summed E-state index contributed by atoms with van der Waals surface area (Å²) in [6.07, 6.45) is -1.92. The third kappa shape index (κ3) is 2.09. The summed E-state index contributed by atoms with van der Waals surface area (Å²) in [5, 5.41) is 41.3. The number of rotatable bonds is 2. The van der Waals surface area contributed by atoms with Crippen molar-refractivity contribution in [2.45, 2.75) is 37.2 Å². The van der Waals surface area contributed by atoms with E-state index in [0.717, 1.165) is 0 Å². The first-order chi connectivity index (χ1) is 9.61. The first-order valence-electron chi connectivity index (χ1n) is 6.26. The predicted molar refractivity (Wildman–Crippen MR) is 67.1 cm³/mol. The normalized spacial score (nSPS) is 36.5. The molecule has 1 fully saturated rings. The highest BCUT2D eigenvalue weighted by atomic mass is 16.6. The summed E-state index contributed by atoms with van der Waals surface area (Å²) >= 11 is 0. The highest BCUT2D eigenvalue weighted by molar-refractivity contribution is 5.76. The Bertz CT molecular complexity index is 519. The summed E-state index contributed by atoms with van der Waals surface area (Å²) in [5.74, 6) is 0.528. The zero-order valence-electron chi connectivity index (χ0n) is 10.5. The number of anilines is 1. The number of nitrogens with one attached hydrogen (secondary N) is 1. The van der Waals surface area contributed by atoms with Gasteiger partial charge in [0.25, 0.3) is 0 Å². The lowest BCUT2D eigenvalue weighted by Crippen LogP contribution is -2.33. The molecule has 9 nitrogen and oxygen atoms in total. The Morgan fingerprint density at radius 2 is 2.15 bits per heavy atom.